The van der Waals surface area contributed by atoms with Gasteiger partial charge in [0.1, 0.15) is 35.4 Å². The largest absolute Gasteiger partial charge is 0.507 e. The fourth-order valence-corrected chi connectivity index (χ4v) is 2.44. The van der Waals surface area contributed by atoms with E-state index in [4.69, 9.17) is 14.6 Å². The number of ether oxygens (including phenoxy) is 2. The summed E-state index contributed by atoms with van der Waals surface area (Å²) < 4.78 is 24.2. The Bertz CT molecular complexity index is 589. The lowest BCUT2D eigenvalue weighted by Crippen LogP contribution is -2.58. The zero-order valence-electron chi connectivity index (χ0n) is 12.6. The highest BCUT2D eigenvalue weighted by atomic mass is 19.1. The molecule has 0 aliphatic carbocycles. The van der Waals surface area contributed by atoms with Gasteiger partial charge in [-0.25, -0.2) is 4.39 Å². The number of aliphatic hydroxyl groups excluding tert-OH is 3. The highest BCUT2D eigenvalue weighted by molar-refractivity contribution is 5.99. The van der Waals surface area contributed by atoms with Crippen LogP contribution in [-0.4, -0.2) is 63.6 Å². The number of carbonyl (C=O) groups excluding carboxylic acids is 1. The fourth-order valence-electron chi connectivity index (χ4n) is 2.44. The number of rotatable bonds is 4. The maximum Gasteiger partial charge on any atom is 0.229 e. The van der Waals surface area contributed by atoms with Gasteiger partial charge in [-0.3, -0.25) is 4.79 Å². The van der Waals surface area contributed by atoms with Crippen molar-refractivity contribution in [2.24, 2.45) is 0 Å². The molecule has 1 heterocycles. The summed E-state index contributed by atoms with van der Waals surface area (Å²) in [5, 5.41) is 38.5. The lowest BCUT2D eigenvalue weighted by molar-refractivity contribution is -0.265. The van der Waals surface area contributed by atoms with Crippen LogP contribution in [0.1, 0.15) is 22.8 Å². The average Bonchev–Trinajstić information content (AvgIpc) is 2.46. The van der Waals surface area contributed by atoms with Gasteiger partial charge < -0.3 is 29.9 Å². The minimum absolute atomic E-state index is 0.0692. The molecule has 0 spiro atoms. The molecule has 2 rings (SSSR count). The lowest BCUT2D eigenvalue weighted by atomic mass is 10.0. The van der Waals surface area contributed by atoms with E-state index in [0.29, 0.717) is 5.56 Å². The van der Waals surface area contributed by atoms with Crippen LogP contribution in [0.4, 0.5) is 4.39 Å². The first kappa shape index (κ1) is 17.6. The van der Waals surface area contributed by atoms with E-state index in [1.807, 2.05) is 0 Å². The second kappa shape index (κ2) is 6.79. The number of benzene rings is 1. The molecule has 0 amide bonds. The Labute approximate surface area is 131 Å². The van der Waals surface area contributed by atoms with Gasteiger partial charge in [0.05, 0.1) is 6.61 Å². The number of phenolic OH excluding ortho intramolecular Hbond substituents is 1. The first-order chi connectivity index (χ1) is 10.8. The van der Waals surface area contributed by atoms with Crippen molar-refractivity contribution in [2.45, 2.75) is 44.6 Å². The van der Waals surface area contributed by atoms with E-state index in [1.54, 1.807) is 6.92 Å². The number of Topliss-reactive ketones (excluding diaryl/α,β-unsaturated/α-hetero) is 1. The molecule has 0 saturated carbocycles. The van der Waals surface area contributed by atoms with Crippen LogP contribution >= 0.6 is 0 Å². The van der Waals surface area contributed by atoms with Gasteiger partial charge in [-0.05, 0) is 31.5 Å². The number of ketones is 1. The molecule has 7 nitrogen and oxygen atoms in total. The third-order valence-electron chi connectivity index (χ3n) is 3.62. The van der Waals surface area contributed by atoms with Crippen LogP contribution in [0.2, 0.25) is 0 Å². The second-order valence-corrected chi connectivity index (χ2v) is 5.48. The molecule has 1 aliphatic rings. The summed E-state index contributed by atoms with van der Waals surface area (Å²) in [6.07, 6.45) is -8.40. The predicted octanol–water partition coefficient (Wildman–Crippen LogP) is 0.0591. The highest BCUT2D eigenvalue weighted by Gasteiger charge is 2.46. The molecule has 1 saturated heterocycles. The molecule has 0 radical (unpaired) electrons. The number of phenols is 1. The van der Waals surface area contributed by atoms with E-state index < -0.39 is 43.2 Å². The molecule has 4 N–H and O–H groups in total. The van der Waals surface area contributed by atoms with E-state index in [1.165, 1.54) is 19.1 Å². The van der Waals surface area contributed by atoms with Gasteiger partial charge in [0, 0.05) is 0 Å². The minimum Gasteiger partial charge on any atom is -0.507 e. The molecule has 5 atom stereocenters. The first-order valence-electron chi connectivity index (χ1n) is 7.04. The quantitative estimate of drug-likeness (QED) is 0.577. The van der Waals surface area contributed by atoms with Crippen molar-refractivity contribution < 1.29 is 39.1 Å². The zero-order valence-corrected chi connectivity index (χ0v) is 12.6. The van der Waals surface area contributed by atoms with Gasteiger partial charge in [-0.15, -0.1) is 0 Å². The maximum absolute atomic E-state index is 13.7. The number of hydrogen-bond donors (Lipinski definition) is 4. The maximum atomic E-state index is 13.7. The Morgan fingerprint density at radius 2 is 2.00 bits per heavy atom. The fraction of sp³-hybridized carbons (Fsp3) is 0.533. The second-order valence-electron chi connectivity index (χ2n) is 5.48. The van der Waals surface area contributed by atoms with Gasteiger partial charge in [-0.1, -0.05) is 0 Å². The summed E-state index contributed by atoms with van der Waals surface area (Å²) in [6, 6.07) is 2.80. The van der Waals surface area contributed by atoms with E-state index >= 15 is 0 Å². The number of hydrogen-bond acceptors (Lipinski definition) is 7. The smallest absolute Gasteiger partial charge is 0.229 e. The van der Waals surface area contributed by atoms with E-state index in [2.05, 4.69) is 0 Å². The molecule has 0 aromatic heterocycles. The van der Waals surface area contributed by atoms with Gasteiger partial charge in [0.25, 0.3) is 0 Å². The van der Waals surface area contributed by atoms with Crippen LogP contribution in [0.3, 0.4) is 0 Å². The molecular formula is C15H19FO7. The number of aliphatic hydroxyl groups is 3. The molecular weight excluding hydrogens is 311 g/mol. The summed E-state index contributed by atoms with van der Waals surface area (Å²) in [5.41, 5.74) is 0.458. The number of aromatic hydroxyl groups is 1. The molecule has 128 valence electrons. The third kappa shape index (κ3) is 3.45. The molecule has 1 aromatic carbocycles. The summed E-state index contributed by atoms with van der Waals surface area (Å²) >= 11 is 0. The topological polar surface area (TPSA) is 116 Å². The Morgan fingerprint density at radius 3 is 2.57 bits per heavy atom. The molecule has 0 bridgehead atoms. The van der Waals surface area contributed by atoms with Crippen molar-refractivity contribution in [3.05, 3.63) is 23.3 Å². The van der Waals surface area contributed by atoms with Crippen LogP contribution in [0, 0.1) is 6.92 Å². The molecule has 5 unspecified atom stereocenters. The van der Waals surface area contributed by atoms with Crippen molar-refractivity contribution in [1.29, 1.82) is 0 Å². The van der Waals surface area contributed by atoms with Crippen molar-refractivity contribution in [2.75, 3.05) is 6.61 Å². The summed E-state index contributed by atoms with van der Waals surface area (Å²) in [4.78, 5) is 11.7. The van der Waals surface area contributed by atoms with Crippen LogP contribution < -0.4 is 4.74 Å². The van der Waals surface area contributed by atoms with Crippen molar-refractivity contribution in [3.63, 3.8) is 0 Å². The van der Waals surface area contributed by atoms with Crippen LogP contribution in [0.15, 0.2) is 12.1 Å². The Hall–Kier alpha value is -1.74. The molecule has 8 heteroatoms. The number of carbonyl (C=O) groups is 1. The molecule has 1 aliphatic heterocycles. The number of halogens is 1. The normalized spacial score (nSPS) is 31.0. The zero-order chi connectivity index (χ0) is 17.3. The summed E-state index contributed by atoms with van der Waals surface area (Å²) in [5.74, 6) is -0.855. The van der Waals surface area contributed by atoms with Crippen LogP contribution in [0.25, 0.3) is 0 Å². The Kier molecular flexibility index (Phi) is 5.20. The van der Waals surface area contributed by atoms with E-state index in [-0.39, 0.29) is 17.1 Å². The third-order valence-corrected chi connectivity index (χ3v) is 3.62. The van der Waals surface area contributed by atoms with Crippen LogP contribution in [-0.2, 0) is 4.74 Å². The van der Waals surface area contributed by atoms with Crippen LogP contribution in [0.5, 0.6) is 11.5 Å². The monoisotopic (exact) mass is 330 g/mol. The predicted molar refractivity (Wildman–Crippen MR) is 76.1 cm³/mol. The lowest BCUT2D eigenvalue weighted by Gasteiger charge is -2.38. The van der Waals surface area contributed by atoms with E-state index in [0.717, 1.165) is 0 Å². The summed E-state index contributed by atoms with van der Waals surface area (Å²) in [7, 11) is 0. The molecule has 1 fully saturated rings. The standard InChI is InChI=1S/C15H19FO7/c1-6-3-8(19)11(7(2)18)9(4-6)22-15-14(21)13(20)12(16)10(5-17)23-15/h3-4,10,12-15,17,19-21H,5H2,1-2H3. The molecule has 1 aromatic rings. The SMILES string of the molecule is CC(=O)c1c(O)cc(C)cc1OC1OC(CO)C(F)C(O)C1O. The van der Waals surface area contributed by atoms with Crippen molar-refractivity contribution in [1.82, 2.24) is 0 Å². The minimum atomic E-state index is -1.98. The molecule has 23 heavy (non-hydrogen) atoms. The van der Waals surface area contributed by atoms with Gasteiger partial charge in [0.2, 0.25) is 6.29 Å². The van der Waals surface area contributed by atoms with Gasteiger partial charge in [0.15, 0.2) is 12.0 Å². The number of alkyl halides is 1. The van der Waals surface area contributed by atoms with Gasteiger partial charge >= 0.3 is 0 Å². The number of aryl methyl sites for hydroxylation is 1. The Balaban J connectivity index is 2.33. The van der Waals surface area contributed by atoms with Crippen molar-refractivity contribution in [3.8, 4) is 11.5 Å². The van der Waals surface area contributed by atoms with Crippen molar-refractivity contribution >= 4 is 5.78 Å². The first-order valence-corrected chi connectivity index (χ1v) is 7.04. The highest BCUT2D eigenvalue weighted by Crippen LogP contribution is 2.33. The summed E-state index contributed by atoms with van der Waals surface area (Å²) in [6.45, 7) is 2.15. The van der Waals surface area contributed by atoms with Gasteiger partial charge in [-0.2, -0.15) is 0 Å². The average molecular weight is 330 g/mol. The van der Waals surface area contributed by atoms with E-state index in [9.17, 15) is 24.5 Å². The Morgan fingerprint density at radius 1 is 1.35 bits per heavy atom.